The van der Waals surface area contributed by atoms with Crippen molar-refractivity contribution < 1.29 is 9.90 Å². The Kier molecular flexibility index (Phi) is 3.38. The van der Waals surface area contributed by atoms with Gasteiger partial charge in [-0.15, -0.1) is 0 Å². The van der Waals surface area contributed by atoms with Crippen LogP contribution in [-0.2, 0) is 0 Å². The summed E-state index contributed by atoms with van der Waals surface area (Å²) in [5.41, 5.74) is 0.931. The van der Waals surface area contributed by atoms with Crippen LogP contribution in [0, 0.1) is 6.92 Å². The van der Waals surface area contributed by atoms with Crippen LogP contribution in [-0.4, -0.2) is 26.0 Å². The zero-order valence-electron chi connectivity index (χ0n) is 9.38. The van der Waals surface area contributed by atoms with Gasteiger partial charge >= 0.3 is 5.97 Å². The largest absolute Gasteiger partial charge is 0.476 e. The molecule has 0 unspecified atom stereocenters. The average Bonchev–Trinajstić information content (AvgIpc) is 2.31. The second-order valence-electron chi connectivity index (χ2n) is 3.53. The van der Waals surface area contributed by atoms with E-state index in [0.717, 1.165) is 0 Å². The van der Waals surface area contributed by atoms with Crippen molar-refractivity contribution in [3.63, 3.8) is 0 Å². The Morgan fingerprint density at radius 3 is 2.83 bits per heavy atom. The van der Waals surface area contributed by atoms with E-state index >= 15 is 0 Å². The van der Waals surface area contributed by atoms with E-state index in [4.69, 9.17) is 16.7 Å². The lowest BCUT2D eigenvalue weighted by atomic mass is 10.3. The summed E-state index contributed by atoms with van der Waals surface area (Å²) in [6.07, 6.45) is 4.47. The van der Waals surface area contributed by atoms with E-state index in [9.17, 15) is 4.79 Å². The van der Waals surface area contributed by atoms with Gasteiger partial charge in [-0.2, -0.15) is 0 Å². The van der Waals surface area contributed by atoms with Gasteiger partial charge in [0.1, 0.15) is 0 Å². The lowest BCUT2D eigenvalue weighted by Gasteiger charge is -2.08. The van der Waals surface area contributed by atoms with Crippen molar-refractivity contribution in [1.82, 2.24) is 15.0 Å². The van der Waals surface area contributed by atoms with E-state index in [0.29, 0.717) is 16.4 Å². The molecule has 2 N–H and O–H groups in total. The molecule has 0 aliphatic rings. The number of carboxylic acids is 1. The van der Waals surface area contributed by atoms with Gasteiger partial charge in [0, 0.05) is 6.20 Å². The number of hydrogen-bond acceptors (Lipinski definition) is 5. The molecular weight excluding hydrogens is 256 g/mol. The van der Waals surface area contributed by atoms with Crippen molar-refractivity contribution in [2.75, 3.05) is 5.32 Å². The van der Waals surface area contributed by atoms with Crippen LogP contribution in [0.1, 0.15) is 16.2 Å². The number of nitrogens with zero attached hydrogens (tertiary/aromatic N) is 3. The first-order valence-electron chi connectivity index (χ1n) is 5.01. The predicted octanol–water partition coefficient (Wildman–Crippen LogP) is 2.28. The van der Waals surface area contributed by atoms with Crippen molar-refractivity contribution in [3.05, 3.63) is 41.1 Å². The van der Waals surface area contributed by atoms with Crippen molar-refractivity contribution >= 4 is 29.1 Å². The van der Waals surface area contributed by atoms with Crippen LogP contribution in [0.3, 0.4) is 0 Å². The molecule has 0 saturated heterocycles. The molecule has 18 heavy (non-hydrogen) atoms. The lowest BCUT2D eigenvalue weighted by molar-refractivity contribution is 0.0691. The number of aryl methyl sites for hydroxylation is 1. The first-order chi connectivity index (χ1) is 8.56. The number of carboxylic acid groups (broad SMARTS) is 1. The fourth-order valence-corrected chi connectivity index (χ4v) is 1.51. The Morgan fingerprint density at radius 2 is 2.17 bits per heavy atom. The number of aromatic carboxylic acids is 1. The van der Waals surface area contributed by atoms with Gasteiger partial charge in [0.2, 0.25) is 0 Å². The number of aromatic nitrogens is 3. The summed E-state index contributed by atoms with van der Waals surface area (Å²) in [7, 11) is 0. The first kappa shape index (κ1) is 12.3. The summed E-state index contributed by atoms with van der Waals surface area (Å²) in [5.74, 6) is -0.999. The smallest absolute Gasteiger partial charge is 0.358 e. The third kappa shape index (κ3) is 2.72. The summed E-state index contributed by atoms with van der Waals surface area (Å²) in [5, 5.41) is 12.3. The highest BCUT2D eigenvalue weighted by molar-refractivity contribution is 6.30. The van der Waals surface area contributed by atoms with E-state index in [1.807, 2.05) is 0 Å². The monoisotopic (exact) mass is 264 g/mol. The molecule has 0 radical (unpaired) electrons. The van der Waals surface area contributed by atoms with E-state index in [-0.39, 0.29) is 11.5 Å². The SMILES string of the molecule is Cc1cnc(Nc2cncc(Cl)c2)c(C(=O)O)n1. The van der Waals surface area contributed by atoms with Crippen LogP contribution < -0.4 is 5.32 Å². The highest BCUT2D eigenvalue weighted by Crippen LogP contribution is 2.19. The lowest BCUT2D eigenvalue weighted by Crippen LogP contribution is -2.08. The van der Waals surface area contributed by atoms with Crippen molar-refractivity contribution in [2.24, 2.45) is 0 Å². The molecule has 0 saturated carbocycles. The van der Waals surface area contributed by atoms with Gasteiger partial charge in [-0.3, -0.25) is 4.98 Å². The fraction of sp³-hybridized carbons (Fsp3) is 0.0909. The molecule has 2 aromatic heterocycles. The summed E-state index contributed by atoms with van der Waals surface area (Å²) >= 11 is 5.78. The quantitative estimate of drug-likeness (QED) is 0.884. The molecule has 2 aromatic rings. The molecule has 92 valence electrons. The van der Waals surface area contributed by atoms with Crippen LogP contribution in [0.5, 0.6) is 0 Å². The Morgan fingerprint density at radius 1 is 1.39 bits per heavy atom. The number of carbonyl (C=O) groups is 1. The van der Waals surface area contributed by atoms with Crippen molar-refractivity contribution in [2.45, 2.75) is 6.92 Å². The van der Waals surface area contributed by atoms with Gasteiger partial charge in [-0.25, -0.2) is 14.8 Å². The predicted molar refractivity (Wildman–Crippen MR) is 66.3 cm³/mol. The number of hydrogen-bond donors (Lipinski definition) is 2. The zero-order valence-corrected chi connectivity index (χ0v) is 10.1. The molecule has 0 spiro atoms. The van der Waals surface area contributed by atoms with Crippen LogP contribution in [0.2, 0.25) is 5.02 Å². The van der Waals surface area contributed by atoms with Gasteiger partial charge in [0.05, 0.1) is 28.8 Å². The summed E-state index contributed by atoms with van der Waals surface area (Å²) in [6.45, 7) is 1.67. The third-order valence-electron chi connectivity index (χ3n) is 2.06. The highest BCUT2D eigenvalue weighted by Gasteiger charge is 2.14. The molecule has 2 rings (SSSR count). The summed E-state index contributed by atoms with van der Waals surface area (Å²) in [6, 6.07) is 1.61. The fourth-order valence-electron chi connectivity index (χ4n) is 1.33. The molecule has 2 heterocycles. The highest BCUT2D eigenvalue weighted by atomic mass is 35.5. The maximum absolute atomic E-state index is 11.0. The van der Waals surface area contributed by atoms with Crippen molar-refractivity contribution in [1.29, 1.82) is 0 Å². The molecule has 0 bridgehead atoms. The average molecular weight is 265 g/mol. The molecular formula is C11H9ClN4O2. The maximum Gasteiger partial charge on any atom is 0.358 e. The second kappa shape index (κ2) is 4.97. The summed E-state index contributed by atoms with van der Waals surface area (Å²) in [4.78, 5) is 22.8. The third-order valence-corrected chi connectivity index (χ3v) is 2.27. The molecule has 7 heteroatoms. The number of anilines is 2. The normalized spacial score (nSPS) is 10.1. The Hall–Kier alpha value is -2.21. The Labute approximate surface area is 108 Å². The van der Waals surface area contributed by atoms with Gasteiger partial charge in [0.15, 0.2) is 11.5 Å². The minimum Gasteiger partial charge on any atom is -0.476 e. The van der Waals surface area contributed by atoms with E-state index in [1.165, 1.54) is 18.6 Å². The number of halogens is 1. The zero-order chi connectivity index (χ0) is 13.1. The number of nitrogens with one attached hydrogen (secondary N) is 1. The van der Waals surface area contributed by atoms with Gasteiger partial charge in [0.25, 0.3) is 0 Å². The van der Waals surface area contributed by atoms with Crippen LogP contribution in [0.15, 0.2) is 24.7 Å². The van der Waals surface area contributed by atoms with Crippen LogP contribution in [0.4, 0.5) is 11.5 Å². The Bertz CT molecular complexity index is 603. The summed E-state index contributed by atoms with van der Waals surface area (Å²) < 4.78 is 0. The van der Waals surface area contributed by atoms with E-state index in [1.54, 1.807) is 13.0 Å². The molecule has 0 aromatic carbocycles. The van der Waals surface area contributed by atoms with Gasteiger partial charge in [-0.05, 0) is 13.0 Å². The van der Waals surface area contributed by atoms with Crippen LogP contribution >= 0.6 is 11.6 Å². The maximum atomic E-state index is 11.0. The van der Waals surface area contributed by atoms with Crippen molar-refractivity contribution in [3.8, 4) is 0 Å². The molecule has 0 aliphatic heterocycles. The van der Waals surface area contributed by atoms with E-state index < -0.39 is 5.97 Å². The molecule has 6 nitrogen and oxygen atoms in total. The number of pyridine rings is 1. The molecule has 0 aliphatic carbocycles. The second-order valence-corrected chi connectivity index (χ2v) is 3.97. The van der Waals surface area contributed by atoms with Gasteiger partial charge in [-0.1, -0.05) is 11.6 Å². The minimum absolute atomic E-state index is 0.144. The first-order valence-corrected chi connectivity index (χ1v) is 5.38. The van der Waals surface area contributed by atoms with Gasteiger partial charge < -0.3 is 10.4 Å². The topological polar surface area (TPSA) is 88.0 Å². The number of rotatable bonds is 3. The molecule has 0 fully saturated rings. The molecule has 0 atom stereocenters. The molecule has 0 amide bonds. The standard InChI is InChI=1S/C11H9ClN4O2/c1-6-3-14-10(9(15-6)11(17)18)16-8-2-7(12)4-13-5-8/h2-5H,1H3,(H,14,16)(H,17,18). The minimum atomic E-state index is -1.15. The van der Waals surface area contributed by atoms with Crippen LogP contribution in [0.25, 0.3) is 0 Å². The van der Waals surface area contributed by atoms with E-state index in [2.05, 4.69) is 20.3 Å². The Balaban J connectivity index is 2.37.